The maximum absolute atomic E-state index is 12.1. The first kappa shape index (κ1) is 17.5. The zero-order chi connectivity index (χ0) is 16.8. The Bertz CT molecular complexity index is 567. The largest absolute Gasteiger partial charge is 0.396 e. The fourth-order valence-corrected chi connectivity index (χ4v) is 2.86. The quantitative estimate of drug-likeness (QED) is 0.673. The topological polar surface area (TPSA) is 78.4 Å². The lowest BCUT2D eigenvalue weighted by atomic mass is 10.0. The third kappa shape index (κ3) is 4.79. The van der Waals surface area contributed by atoms with E-state index in [0.717, 1.165) is 25.7 Å². The zero-order valence-corrected chi connectivity index (χ0v) is 13.9. The molecule has 0 bridgehead atoms. The van der Waals surface area contributed by atoms with Gasteiger partial charge in [-0.05, 0) is 61.3 Å². The lowest BCUT2D eigenvalue weighted by Gasteiger charge is -2.17. The Morgan fingerprint density at radius 3 is 2.43 bits per heavy atom. The molecule has 0 radical (unpaired) electrons. The molecule has 1 saturated carbocycles. The molecule has 0 aromatic heterocycles. The number of carbonyl (C=O) groups excluding carboxylic acids is 2. The van der Waals surface area contributed by atoms with E-state index >= 15 is 0 Å². The Morgan fingerprint density at radius 2 is 1.87 bits per heavy atom. The molecular formula is C18H26N2O3. The molecule has 126 valence electrons. The summed E-state index contributed by atoms with van der Waals surface area (Å²) >= 11 is 0. The highest BCUT2D eigenvalue weighted by molar-refractivity contribution is 6.39. The summed E-state index contributed by atoms with van der Waals surface area (Å²) in [5.41, 5.74) is 3.08. The fourth-order valence-electron chi connectivity index (χ4n) is 2.86. The van der Waals surface area contributed by atoms with Crippen LogP contribution >= 0.6 is 0 Å². The SMILES string of the molecule is CCc1ccc(NC(=O)C(=O)NC(CCO)C2CC2)cc1CC. The first-order valence-corrected chi connectivity index (χ1v) is 8.43. The summed E-state index contributed by atoms with van der Waals surface area (Å²) in [5, 5.41) is 14.5. The van der Waals surface area contributed by atoms with Gasteiger partial charge in [0.05, 0.1) is 0 Å². The normalized spacial score (nSPS) is 15.1. The van der Waals surface area contributed by atoms with Crippen molar-refractivity contribution in [3.05, 3.63) is 29.3 Å². The van der Waals surface area contributed by atoms with Crippen molar-refractivity contribution in [1.82, 2.24) is 5.32 Å². The first-order valence-electron chi connectivity index (χ1n) is 8.43. The summed E-state index contributed by atoms with van der Waals surface area (Å²) in [6.07, 6.45) is 4.42. The van der Waals surface area contributed by atoms with Gasteiger partial charge in [0.25, 0.3) is 0 Å². The van der Waals surface area contributed by atoms with E-state index < -0.39 is 11.8 Å². The van der Waals surface area contributed by atoms with E-state index in [-0.39, 0.29) is 12.6 Å². The molecule has 0 aliphatic heterocycles. The highest BCUT2D eigenvalue weighted by Gasteiger charge is 2.33. The summed E-state index contributed by atoms with van der Waals surface area (Å²) in [6.45, 7) is 4.18. The van der Waals surface area contributed by atoms with Crippen LogP contribution in [0, 0.1) is 5.92 Å². The van der Waals surface area contributed by atoms with Gasteiger partial charge in [-0.15, -0.1) is 0 Å². The second kappa shape index (κ2) is 8.11. The number of aryl methyl sites for hydroxylation is 2. The molecule has 3 N–H and O–H groups in total. The van der Waals surface area contributed by atoms with Crippen molar-refractivity contribution in [2.24, 2.45) is 5.92 Å². The number of hydrogen-bond donors (Lipinski definition) is 3. The number of aliphatic hydroxyl groups is 1. The number of anilines is 1. The Balaban J connectivity index is 1.96. The lowest BCUT2D eigenvalue weighted by molar-refractivity contribution is -0.136. The molecular weight excluding hydrogens is 292 g/mol. The molecule has 2 rings (SSSR count). The van der Waals surface area contributed by atoms with Crippen LogP contribution in [0.25, 0.3) is 0 Å². The number of carbonyl (C=O) groups is 2. The van der Waals surface area contributed by atoms with Crippen molar-refractivity contribution in [2.75, 3.05) is 11.9 Å². The Kier molecular flexibility index (Phi) is 6.16. The minimum absolute atomic E-state index is 0.0153. The van der Waals surface area contributed by atoms with Gasteiger partial charge in [-0.3, -0.25) is 9.59 Å². The van der Waals surface area contributed by atoms with Crippen molar-refractivity contribution in [3.8, 4) is 0 Å². The smallest absolute Gasteiger partial charge is 0.313 e. The Labute approximate surface area is 137 Å². The molecule has 5 nitrogen and oxygen atoms in total. The van der Waals surface area contributed by atoms with E-state index in [4.69, 9.17) is 5.11 Å². The van der Waals surface area contributed by atoms with Crippen LogP contribution in [-0.4, -0.2) is 29.6 Å². The average Bonchev–Trinajstić information content (AvgIpc) is 3.39. The standard InChI is InChI=1S/C18H26N2O3/c1-3-12-7-8-15(11-13(12)4-2)19-17(22)18(23)20-16(9-10-21)14-5-6-14/h7-8,11,14,16,21H,3-6,9-10H2,1-2H3,(H,19,22)(H,20,23). The molecule has 1 unspecified atom stereocenters. The number of aliphatic hydroxyl groups excluding tert-OH is 1. The van der Waals surface area contributed by atoms with Crippen LogP contribution < -0.4 is 10.6 Å². The zero-order valence-electron chi connectivity index (χ0n) is 13.9. The second-order valence-corrected chi connectivity index (χ2v) is 6.07. The predicted octanol–water partition coefficient (Wildman–Crippen LogP) is 2.03. The van der Waals surface area contributed by atoms with E-state index in [1.54, 1.807) is 0 Å². The molecule has 23 heavy (non-hydrogen) atoms. The third-order valence-corrected chi connectivity index (χ3v) is 4.38. The number of nitrogens with one attached hydrogen (secondary N) is 2. The Hall–Kier alpha value is -1.88. The van der Waals surface area contributed by atoms with Gasteiger partial charge in [-0.1, -0.05) is 19.9 Å². The highest BCUT2D eigenvalue weighted by Crippen LogP contribution is 2.33. The lowest BCUT2D eigenvalue weighted by Crippen LogP contribution is -2.43. The van der Waals surface area contributed by atoms with Gasteiger partial charge < -0.3 is 15.7 Å². The molecule has 1 atom stereocenters. The minimum atomic E-state index is -0.653. The second-order valence-electron chi connectivity index (χ2n) is 6.07. The highest BCUT2D eigenvalue weighted by atomic mass is 16.3. The number of hydrogen-bond acceptors (Lipinski definition) is 3. The molecule has 0 spiro atoms. The van der Waals surface area contributed by atoms with Crippen LogP contribution in [0.3, 0.4) is 0 Å². The molecule has 1 aliphatic rings. The van der Waals surface area contributed by atoms with Crippen LogP contribution in [0.4, 0.5) is 5.69 Å². The van der Waals surface area contributed by atoms with Crippen molar-refractivity contribution >= 4 is 17.5 Å². The summed E-state index contributed by atoms with van der Waals surface area (Å²) in [7, 11) is 0. The minimum Gasteiger partial charge on any atom is -0.396 e. The monoisotopic (exact) mass is 318 g/mol. The summed E-state index contributed by atoms with van der Waals surface area (Å²) in [5.74, 6) is -0.887. The fraction of sp³-hybridized carbons (Fsp3) is 0.556. The van der Waals surface area contributed by atoms with Crippen LogP contribution in [0.1, 0.15) is 44.2 Å². The van der Waals surface area contributed by atoms with Gasteiger partial charge in [0.15, 0.2) is 0 Å². The van der Waals surface area contributed by atoms with Gasteiger partial charge in [-0.25, -0.2) is 0 Å². The van der Waals surface area contributed by atoms with Gasteiger partial charge in [0.1, 0.15) is 0 Å². The van der Waals surface area contributed by atoms with Crippen LogP contribution in [0.2, 0.25) is 0 Å². The van der Waals surface area contributed by atoms with Gasteiger partial charge in [0, 0.05) is 18.3 Å². The van der Waals surface area contributed by atoms with E-state index in [1.165, 1.54) is 11.1 Å². The van der Waals surface area contributed by atoms with Crippen LogP contribution in [0.15, 0.2) is 18.2 Å². The average molecular weight is 318 g/mol. The summed E-state index contributed by atoms with van der Waals surface area (Å²) in [4.78, 5) is 24.1. The summed E-state index contributed by atoms with van der Waals surface area (Å²) < 4.78 is 0. The first-order chi connectivity index (χ1) is 11.1. The molecule has 2 amide bonds. The summed E-state index contributed by atoms with van der Waals surface area (Å²) in [6, 6.07) is 5.64. The third-order valence-electron chi connectivity index (χ3n) is 4.38. The number of rotatable bonds is 7. The van der Waals surface area contributed by atoms with E-state index in [9.17, 15) is 9.59 Å². The number of amides is 2. The maximum atomic E-state index is 12.1. The van der Waals surface area contributed by atoms with Crippen molar-refractivity contribution in [3.63, 3.8) is 0 Å². The molecule has 0 heterocycles. The van der Waals surface area contributed by atoms with Crippen LogP contribution in [0.5, 0.6) is 0 Å². The Morgan fingerprint density at radius 1 is 1.17 bits per heavy atom. The van der Waals surface area contributed by atoms with Crippen molar-refractivity contribution in [2.45, 2.75) is 52.0 Å². The van der Waals surface area contributed by atoms with Gasteiger partial charge >= 0.3 is 11.8 Å². The van der Waals surface area contributed by atoms with E-state index in [0.29, 0.717) is 18.0 Å². The van der Waals surface area contributed by atoms with Crippen molar-refractivity contribution < 1.29 is 14.7 Å². The number of benzene rings is 1. The predicted molar refractivity (Wildman–Crippen MR) is 90.2 cm³/mol. The van der Waals surface area contributed by atoms with Crippen LogP contribution in [-0.2, 0) is 22.4 Å². The van der Waals surface area contributed by atoms with E-state index in [2.05, 4.69) is 24.5 Å². The molecule has 5 heteroatoms. The van der Waals surface area contributed by atoms with Gasteiger partial charge in [-0.2, -0.15) is 0 Å². The van der Waals surface area contributed by atoms with Crippen molar-refractivity contribution in [1.29, 1.82) is 0 Å². The maximum Gasteiger partial charge on any atom is 0.313 e. The van der Waals surface area contributed by atoms with E-state index in [1.807, 2.05) is 18.2 Å². The molecule has 1 aromatic rings. The molecule has 0 saturated heterocycles. The molecule has 1 fully saturated rings. The molecule has 1 aromatic carbocycles. The van der Waals surface area contributed by atoms with Gasteiger partial charge in [0.2, 0.25) is 0 Å². The molecule has 1 aliphatic carbocycles.